The quantitative estimate of drug-likeness (QED) is 0.745. The fourth-order valence-electron chi connectivity index (χ4n) is 3.48. The number of nitrogens with one attached hydrogen (secondary N) is 2. The van der Waals surface area contributed by atoms with Crippen LogP contribution in [0.25, 0.3) is 0 Å². The fourth-order valence-corrected chi connectivity index (χ4v) is 3.48. The molecule has 1 aromatic heterocycles. The summed E-state index contributed by atoms with van der Waals surface area (Å²) in [7, 11) is 0. The van der Waals surface area contributed by atoms with Crippen molar-refractivity contribution in [1.29, 1.82) is 0 Å². The Bertz CT molecular complexity index is 861. The van der Waals surface area contributed by atoms with Crippen LogP contribution in [0, 0.1) is 0 Å². The van der Waals surface area contributed by atoms with Crippen LogP contribution in [0.2, 0.25) is 0 Å². The first-order chi connectivity index (χ1) is 13.8. The second-order valence-electron chi connectivity index (χ2n) is 7.96. The average Bonchev–Trinajstić information content (AvgIpc) is 3.34. The molecule has 7 nitrogen and oxygen atoms in total. The van der Waals surface area contributed by atoms with E-state index in [1.54, 1.807) is 6.92 Å². The van der Waals surface area contributed by atoms with E-state index in [9.17, 15) is 14.4 Å². The van der Waals surface area contributed by atoms with Crippen LogP contribution in [0.1, 0.15) is 43.1 Å². The van der Waals surface area contributed by atoms with Crippen molar-refractivity contribution in [3.8, 4) is 0 Å². The third kappa shape index (κ3) is 4.92. The summed E-state index contributed by atoms with van der Waals surface area (Å²) in [5.74, 6) is -1.00. The average molecular weight is 398 g/mol. The van der Waals surface area contributed by atoms with Gasteiger partial charge in [-0.05, 0) is 30.4 Å². The molecule has 3 atom stereocenters. The topological polar surface area (TPSA) is 97.6 Å². The number of hydrogen-bond acceptors (Lipinski definition) is 5. The molecular formula is C22H26N2O5. The molecule has 1 saturated heterocycles. The van der Waals surface area contributed by atoms with E-state index in [1.165, 1.54) is 18.6 Å². The molecule has 1 aromatic carbocycles. The molecule has 1 aliphatic heterocycles. The summed E-state index contributed by atoms with van der Waals surface area (Å²) >= 11 is 0. The maximum absolute atomic E-state index is 13.0. The van der Waals surface area contributed by atoms with Crippen molar-refractivity contribution < 1.29 is 23.5 Å². The van der Waals surface area contributed by atoms with Crippen molar-refractivity contribution in [2.75, 3.05) is 6.61 Å². The Kier molecular flexibility index (Phi) is 6.17. The first-order valence-corrected chi connectivity index (χ1v) is 9.61. The molecule has 1 fully saturated rings. The van der Waals surface area contributed by atoms with Gasteiger partial charge in [0.25, 0.3) is 5.91 Å². The van der Waals surface area contributed by atoms with Gasteiger partial charge in [0.1, 0.15) is 25.0 Å². The van der Waals surface area contributed by atoms with E-state index in [1.807, 2.05) is 44.2 Å². The predicted octanol–water partition coefficient (Wildman–Crippen LogP) is 2.22. The molecule has 1 aliphatic rings. The van der Waals surface area contributed by atoms with Crippen molar-refractivity contribution in [2.24, 2.45) is 0 Å². The monoisotopic (exact) mass is 398 g/mol. The van der Waals surface area contributed by atoms with Crippen molar-refractivity contribution in [2.45, 2.75) is 50.8 Å². The summed E-state index contributed by atoms with van der Waals surface area (Å²) in [6.07, 6.45) is 2.67. The van der Waals surface area contributed by atoms with E-state index >= 15 is 0 Å². The zero-order chi connectivity index (χ0) is 21.0. The third-order valence-electron chi connectivity index (χ3n) is 5.28. The van der Waals surface area contributed by atoms with Crippen molar-refractivity contribution in [3.63, 3.8) is 0 Å². The second-order valence-corrected chi connectivity index (χ2v) is 7.96. The summed E-state index contributed by atoms with van der Waals surface area (Å²) in [5.41, 5.74) is 0.979. The molecule has 29 heavy (non-hydrogen) atoms. The number of benzene rings is 1. The highest BCUT2D eigenvalue weighted by molar-refractivity contribution is 5.98. The largest absolute Gasteiger partial charge is 0.472 e. The molecule has 154 valence electrons. The van der Waals surface area contributed by atoms with E-state index in [0.29, 0.717) is 12.0 Å². The van der Waals surface area contributed by atoms with Crippen molar-refractivity contribution >= 4 is 17.6 Å². The van der Waals surface area contributed by atoms with Gasteiger partial charge in [-0.15, -0.1) is 0 Å². The van der Waals surface area contributed by atoms with E-state index in [4.69, 9.17) is 9.15 Å². The van der Waals surface area contributed by atoms with E-state index in [0.717, 1.165) is 5.56 Å². The number of ether oxygens (including phenoxy) is 1. The molecular weight excluding hydrogens is 372 g/mol. The maximum Gasteiger partial charge on any atom is 0.255 e. The fraction of sp³-hybridized carbons (Fsp3) is 0.409. The lowest BCUT2D eigenvalue weighted by molar-refractivity contribution is -0.127. The van der Waals surface area contributed by atoms with Gasteiger partial charge < -0.3 is 19.8 Å². The Morgan fingerprint density at radius 3 is 2.52 bits per heavy atom. The SMILES string of the molecule is C[C@@H]1OCC(=O)[C@H]1NC(=O)[C@H](CC(C)(C)c1ccccc1)NC(=O)c1ccoc1. The standard InChI is InChI=1S/C22H26N2O5/c1-14-19(18(25)13-29-14)24-21(27)17(23-20(26)15-9-10-28-12-15)11-22(2,3)16-7-5-4-6-8-16/h4-10,12,14,17,19H,11,13H2,1-3H3,(H,23,26)(H,24,27)/t14-,17-,19-/m0/s1. The highest BCUT2D eigenvalue weighted by Crippen LogP contribution is 2.28. The van der Waals surface area contributed by atoms with Crippen LogP contribution < -0.4 is 10.6 Å². The molecule has 2 heterocycles. The van der Waals surface area contributed by atoms with E-state index < -0.39 is 35.4 Å². The van der Waals surface area contributed by atoms with Gasteiger partial charge in [-0.1, -0.05) is 44.2 Å². The molecule has 0 aliphatic carbocycles. The van der Waals surface area contributed by atoms with Gasteiger partial charge in [-0.3, -0.25) is 14.4 Å². The van der Waals surface area contributed by atoms with Crippen LogP contribution in [-0.2, 0) is 19.7 Å². The summed E-state index contributed by atoms with van der Waals surface area (Å²) in [4.78, 5) is 37.6. The van der Waals surface area contributed by atoms with Gasteiger partial charge in [0.15, 0.2) is 5.78 Å². The van der Waals surface area contributed by atoms with Crippen LogP contribution in [0.15, 0.2) is 53.3 Å². The zero-order valence-corrected chi connectivity index (χ0v) is 16.8. The Hall–Kier alpha value is -2.93. The molecule has 7 heteroatoms. The zero-order valence-electron chi connectivity index (χ0n) is 16.8. The van der Waals surface area contributed by atoms with E-state index in [-0.39, 0.29) is 12.4 Å². The number of amides is 2. The molecule has 2 N–H and O–H groups in total. The van der Waals surface area contributed by atoms with Gasteiger partial charge in [0.2, 0.25) is 5.91 Å². The normalized spacial score (nSPS) is 20.3. The van der Waals surface area contributed by atoms with E-state index in [2.05, 4.69) is 10.6 Å². The van der Waals surface area contributed by atoms with Crippen molar-refractivity contribution in [1.82, 2.24) is 10.6 Å². The highest BCUT2D eigenvalue weighted by Gasteiger charge is 2.37. The number of rotatable bonds is 7. The number of hydrogen-bond donors (Lipinski definition) is 2. The summed E-state index contributed by atoms with van der Waals surface area (Å²) in [6.45, 7) is 5.74. The Morgan fingerprint density at radius 2 is 1.93 bits per heavy atom. The number of ketones is 1. The molecule has 0 radical (unpaired) electrons. The van der Waals surface area contributed by atoms with Crippen LogP contribution in [0.4, 0.5) is 0 Å². The summed E-state index contributed by atoms with van der Waals surface area (Å²) in [6, 6.07) is 9.76. The molecule has 3 rings (SSSR count). The molecule has 0 bridgehead atoms. The van der Waals surface area contributed by atoms with Crippen LogP contribution in [0.3, 0.4) is 0 Å². The Labute approximate surface area is 169 Å². The van der Waals surface area contributed by atoms with Crippen molar-refractivity contribution in [3.05, 3.63) is 60.1 Å². The minimum atomic E-state index is -0.840. The van der Waals surface area contributed by atoms with Gasteiger partial charge in [-0.25, -0.2) is 0 Å². The van der Waals surface area contributed by atoms with Gasteiger partial charge in [0.05, 0.1) is 17.9 Å². The first-order valence-electron chi connectivity index (χ1n) is 9.61. The van der Waals surface area contributed by atoms with Gasteiger partial charge in [-0.2, -0.15) is 0 Å². The van der Waals surface area contributed by atoms with Crippen LogP contribution in [0.5, 0.6) is 0 Å². The minimum absolute atomic E-state index is 0.0202. The lowest BCUT2D eigenvalue weighted by Crippen LogP contribution is -2.54. The maximum atomic E-state index is 13.0. The van der Waals surface area contributed by atoms with Crippen LogP contribution >= 0.6 is 0 Å². The first kappa shape index (κ1) is 20.8. The number of carbonyl (C=O) groups is 3. The third-order valence-corrected chi connectivity index (χ3v) is 5.28. The van der Waals surface area contributed by atoms with Gasteiger partial charge >= 0.3 is 0 Å². The lowest BCUT2D eigenvalue weighted by Gasteiger charge is -2.31. The van der Waals surface area contributed by atoms with Gasteiger partial charge in [0, 0.05) is 0 Å². The molecule has 0 unspecified atom stereocenters. The smallest absolute Gasteiger partial charge is 0.255 e. The lowest BCUT2D eigenvalue weighted by atomic mass is 9.79. The molecule has 2 amide bonds. The molecule has 0 saturated carbocycles. The molecule has 2 aromatic rings. The minimum Gasteiger partial charge on any atom is -0.472 e. The molecule has 0 spiro atoms. The number of Topliss-reactive ketones (excluding diaryl/α,β-unsaturated/α-hetero) is 1. The summed E-state index contributed by atoms with van der Waals surface area (Å²) in [5, 5.41) is 5.54. The van der Waals surface area contributed by atoms with Crippen LogP contribution in [-0.4, -0.2) is 42.4 Å². The number of carbonyl (C=O) groups excluding carboxylic acids is 3. The number of furan rings is 1. The highest BCUT2D eigenvalue weighted by atomic mass is 16.5. The Balaban J connectivity index is 1.79. The predicted molar refractivity (Wildman–Crippen MR) is 106 cm³/mol. The summed E-state index contributed by atoms with van der Waals surface area (Å²) < 4.78 is 10.3. The second kappa shape index (κ2) is 8.61. The Morgan fingerprint density at radius 1 is 1.21 bits per heavy atom.